The summed E-state index contributed by atoms with van der Waals surface area (Å²) in [6.45, 7) is 1.14. The molecular weight excluding hydrogens is 264 g/mol. The van der Waals surface area contributed by atoms with Gasteiger partial charge in [0.2, 0.25) is 0 Å². The zero-order chi connectivity index (χ0) is 13.5. The number of imidazole rings is 1. The van der Waals surface area contributed by atoms with Gasteiger partial charge in [0.1, 0.15) is 5.82 Å². The third-order valence-electron chi connectivity index (χ3n) is 4.24. The normalized spacial score (nSPS) is 29.3. The summed E-state index contributed by atoms with van der Waals surface area (Å²) < 4.78 is 25.1. The van der Waals surface area contributed by atoms with Gasteiger partial charge < -0.3 is 9.67 Å². The van der Waals surface area contributed by atoms with Gasteiger partial charge in [-0.3, -0.25) is 0 Å². The van der Waals surface area contributed by atoms with Gasteiger partial charge in [0.05, 0.1) is 17.2 Å². The fourth-order valence-electron chi connectivity index (χ4n) is 3.13. The minimum Gasteiger partial charge on any atom is -0.396 e. The number of aliphatic hydroxyl groups excluding tert-OH is 1. The summed E-state index contributed by atoms with van der Waals surface area (Å²) in [4.78, 5) is 4.62. The van der Waals surface area contributed by atoms with Gasteiger partial charge in [-0.15, -0.1) is 0 Å². The Morgan fingerprint density at radius 2 is 2.21 bits per heavy atom. The summed E-state index contributed by atoms with van der Waals surface area (Å²) in [7, 11) is -2.80. The summed E-state index contributed by atoms with van der Waals surface area (Å²) in [5.41, 5.74) is 1.01. The molecule has 19 heavy (non-hydrogen) atoms. The molecule has 1 aromatic heterocycles. The Hall–Kier alpha value is -0.880. The smallest absolute Gasteiger partial charge is 0.150 e. The topological polar surface area (TPSA) is 72.2 Å². The van der Waals surface area contributed by atoms with Crippen LogP contribution >= 0.6 is 0 Å². The molecule has 0 saturated carbocycles. The quantitative estimate of drug-likeness (QED) is 0.873. The fraction of sp³-hybridized carbons (Fsp3) is 0.769. The molecule has 3 rings (SSSR count). The van der Waals surface area contributed by atoms with Crippen LogP contribution in [-0.2, 0) is 29.2 Å². The molecule has 0 aliphatic carbocycles. The molecule has 1 saturated heterocycles. The third-order valence-corrected chi connectivity index (χ3v) is 6.08. The zero-order valence-corrected chi connectivity index (χ0v) is 11.8. The maximum atomic E-state index is 11.5. The lowest BCUT2D eigenvalue weighted by atomic mass is 9.99. The molecule has 2 unspecified atom stereocenters. The van der Waals surface area contributed by atoms with Gasteiger partial charge in [0.25, 0.3) is 0 Å². The lowest BCUT2D eigenvalue weighted by molar-refractivity contribution is 0.199. The Morgan fingerprint density at radius 3 is 2.89 bits per heavy atom. The highest BCUT2D eigenvalue weighted by atomic mass is 32.2. The average molecular weight is 284 g/mol. The van der Waals surface area contributed by atoms with Gasteiger partial charge in [-0.25, -0.2) is 13.4 Å². The van der Waals surface area contributed by atoms with Crippen molar-refractivity contribution in [1.82, 2.24) is 9.55 Å². The van der Waals surface area contributed by atoms with Crippen molar-refractivity contribution >= 4 is 9.84 Å². The number of aryl methyl sites for hydroxylation is 1. The van der Waals surface area contributed by atoms with Crippen molar-refractivity contribution in [3.8, 4) is 0 Å². The number of fused-ring (bicyclic) bond motifs is 1. The van der Waals surface area contributed by atoms with Crippen molar-refractivity contribution in [3.05, 3.63) is 17.7 Å². The summed E-state index contributed by atoms with van der Waals surface area (Å²) in [5, 5.41) is 9.21. The van der Waals surface area contributed by atoms with Crippen molar-refractivity contribution < 1.29 is 13.5 Å². The zero-order valence-electron chi connectivity index (χ0n) is 11.0. The number of hydrogen-bond acceptors (Lipinski definition) is 4. The number of aromatic nitrogens is 2. The first kappa shape index (κ1) is 13.1. The first-order valence-corrected chi connectivity index (χ1v) is 8.74. The van der Waals surface area contributed by atoms with Gasteiger partial charge in [-0.05, 0) is 31.1 Å². The Labute approximate surface area is 113 Å². The van der Waals surface area contributed by atoms with E-state index in [2.05, 4.69) is 15.7 Å². The number of nitrogens with zero attached hydrogens (tertiary/aromatic N) is 2. The predicted octanol–water partition coefficient (Wildman–Crippen LogP) is 0.415. The molecule has 2 aliphatic heterocycles. The molecular formula is C13H20N2O3S. The maximum Gasteiger partial charge on any atom is 0.150 e. The van der Waals surface area contributed by atoms with Crippen LogP contribution in [0.3, 0.4) is 0 Å². The molecule has 2 atom stereocenters. The summed E-state index contributed by atoms with van der Waals surface area (Å²) in [5.74, 6) is 2.25. The van der Waals surface area contributed by atoms with Crippen LogP contribution < -0.4 is 0 Å². The number of aliphatic hydroxyl groups is 1. The van der Waals surface area contributed by atoms with E-state index in [1.807, 2.05) is 0 Å². The van der Waals surface area contributed by atoms with Crippen LogP contribution in [0, 0.1) is 11.8 Å². The van der Waals surface area contributed by atoms with E-state index in [0.29, 0.717) is 17.4 Å². The van der Waals surface area contributed by atoms with Crippen molar-refractivity contribution in [2.24, 2.45) is 11.8 Å². The monoisotopic (exact) mass is 284 g/mol. The van der Waals surface area contributed by atoms with Crippen LogP contribution in [0.2, 0.25) is 0 Å². The molecule has 6 heteroatoms. The van der Waals surface area contributed by atoms with Crippen LogP contribution in [-0.4, -0.2) is 41.2 Å². The van der Waals surface area contributed by atoms with E-state index in [1.165, 1.54) is 0 Å². The molecule has 1 fully saturated rings. The molecule has 1 aromatic rings. The Balaban J connectivity index is 1.69. The van der Waals surface area contributed by atoms with Crippen molar-refractivity contribution in [2.75, 3.05) is 18.1 Å². The van der Waals surface area contributed by atoms with Crippen molar-refractivity contribution in [2.45, 2.75) is 32.2 Å². The summed E-state index contributed by atoms with van der Waals surface area (Å²) in [6, 6.07) is 0. The summed E-state index contributed by atoms with van der Waals surface area (Å²) in [6.07, 6.45) is 5.43. The second-order valence-electron chi connectivity index (χ2n) is 5.86. The molecule has 3 heterocycles. The molecule has 5 nitrogen and oxygen atoms in total. The minimum atomic E-state index is -2.80. The van der Waals surface area contributed by atoms with Gasteiger partial charge in [-0.1, -0.05) is 0 Å². The minimum absolute atomic E-state index is 0.225. The largest absolute Gasteiger partial charge is 0.396 e. The second-order valence-corrected chi connectivity index (χ2v) is 8.09. The maximum absolute atomic E-state index is 11.5. The van der Waals surface area contributed by atoms with E-state index in [4.69, 9.17) is 0 Å². The molecule has 0 bridgehead atoms. The molecule has 0 amide bonds. The Morgan fingerprint density at radius 1 is 1.37 bits per heavy atom. The van der Waals surface area contributed by atoms with Crippen LogP contribution in [0.15, 0.2) is 6.20 Å². The van der Waals surface area contributed by atoms with E-state index in [0.717, 1.165) is 43.7 Å². The molecule has 106 valence electrons. The van der Waals surface area contributed by atoms with Crippen molar-refractivity contribution in [1.29, 1.82) is 0 Å². The highest BCUT2D eigenvalue weighted by Crippen LogP contribution is 2.25. The molecule has 2 aliphatic rings. The molecule has 0 spiro atoms. The Bertz CT molecular complexity index is 564. The first-order valence-electron chi connectivity index (χ1n) is 6.92. The SMILES string of the molecule is O=S1(=O)CCC(Cc2cn3c(n2)CC(CO)CC3)C1. The predicted molar refractivity (Wildman–Crippen MR) is 71.6 cm³/mol. The van der Waals surface area contributed by atoms with Gasteiger partial charge >= 0.3 is 0 Å². The molecule has 0 radical (unpaired) electrons. The van der Waals surface area contributed by atoms with Crippen molar-refractivity contribution in [3.63, 3.8) is 0 Å². The van der Waals surface area contributed by atoms with Gasteiger partial charge in [0, 0.05) is 25.8 Å². The number of rotatable bonds is 3. The van der Waals surface area contributed by atoms with Crippen LogP contribution in [0.5, 0.6) is 0 Å². The molecule has 1 N–H and O–H groups in total. The second kappa shape index (κ2) is 4.90. The number of sulfone groups is 1. The van der Waals surface area contributed by atoms with E-state index < -0.39 is 9.84 Å². The van der Waals surface area contributed by atoms with Gasteiger partial charge in [0.15, 0.2) is 9.84 Å². The van der Waals surface area contributed by atoms with Crippen LogP contribution in [0.1, 0.15) is 24.4 Å². The fourth-order valence-corrected chi connectivity index (χ4v) is 5.00. The van der Waals surface area contributed by atoms with E-state index in [1.54, 1.807) is 0 Å². The highest BCUT2D eigenvalue weighted by molar-refractivity contribution is 7.91. The average Bonchev–Trinajstić information content (AvgIpc) is 2.91. The van der Waals surface area contributed by atoms with E-state index in [9.17, 15) is 13.5 Å². The number of hydrogen-bond donors (Lipinski definition) is 1. The lowest BCUT2D eigenvalue weighted by Gasteiger charge is -2.20. The van der Waals surface area contributed by atoms with Crippen LogP contribution in [0.4, 0.5) is 0 Å². The first-order chi connectivity index (χ1) is 9.05. The van der Waals surface area contributed by atoms with E-state index >= 15 is 0 Å². The highest BCUT2D eigenvalue weighted by Gasteiger charge is 2.29. The van der Waals surface area contributed by atoms with Gasteiger partial charge in [-0.2, -0.15) is 0 Å². The Kier molecular flexibility index (Phi) is 3.39. The lowest BCUT2D eigenvalue weighted by Crippen LogP contribution is -2.21. The standard InChI is InChI=1S/C13H20N2O3S/c16-8-10-1-3-15-7-12(14-13(15)6-10)5-11-2-4-19(17,18)9-11/h7,10-11,16H,1-6,8-9H2. The third kappa shape index (κ3) is 2.84. The van der Waals surface area contributed by atoms with E-state index in [-0.39, 0.29) is 12.5 Å². The van der Waals surface area contributed by atoms with Crippen LogP contribution in [0.25, 0.3) is 0 Å². The molecule has 0 aromatic carbocycles. The summed E-state index contributed by atoms with van der Waals surface area (Å²) >= 11 is 0.